The highest BCUT2D eigenvalue weighted by Crippen LogP contribution is 2.31. The van der Waals surface area contributed by atoms with Crippen LogP contribution in [-0.2, 0) is 9.53 Å². The van der Waals surface area contributed by atoms with Crippen molar-refractivity contribution < 1.29 is 9.53 Å². The molecule has 1 heterocycles. The van der Waals surface area contributed by atoms with Crippen LogP contribution in [0.2, 0.25) is 0 Å². The van der Waals surface area contributed by atoms with Crippen LogP contribution in [-0.4, -0.2) is 43.2 Å². The fourth-order valence-corrected chi connectivity index (χ4v) is 1.65. The van der Waals surface area contributed by atoms with Crippen molar-refractivity contribution in [1.29, 1.82) is 0 Å². The summed E-state index contributed by atoms with van der Waals surface area (Å²) in [4.78, 5) is 13.6. The lowest BCUT2D eigenvalue weighted by molar-refractivity contribution is -0.139. The summed E-state index contributed by atoms with van der Waals surface area (Å²) in [6.07, 6.45) is 2.20. The summed E-state index contributed by atoms with van der Waals surface area (Å²) >= 11 is 0. The van der Waals surface area contributed by atoms with Gasteiger partial charge in [0.1, 0.15) is 0 Å². The highest BCUT2D eigenvalue weighted by molar-refractivity contribution is 5.81. The molecule has 0 aromatic carbocycles. The summed E-state index contributed by atoms with van der Waals surface area (Å²) in [5.74, 6) is 0.623. The van der Waals surface area contributed by atoms with Gasteiger partial charge in [-0.05, 0) is 12.8 Å². The monoisotopic (exact) mass is 184 g/mol. The summed E-state index contributed by atoms with van der Waals surface area (Å²) in [6, 6.07) is 0. The molecule has 1 atom stereocenters. The quantitative estimate of drug-likeness (QED) is 0.634. The number of morpholine rings is 1. The zero-order valence-corrected chi connectivity index (χ0v) is 7.74. The Bertz CT molecular complexity index is 204. The van der Waals surface area contributed by atoms with Gasteiger partial charge in [-0.2, -0.15) is 0 Å². The first-order valence-corrected chi connectivity index (χ1v) is 4.91. The number of hydrogen-bond acceptors (Lipinski definition) is 3. The topological polar surface area (TPSA) is 55.6 Å². The number of hydrogen-bond donors (Lipinski definition) is 1. The molecule has 0 unspecified atom stereocenters. The SMILES string of the molecule is NC[C@H]1CN(C(=O)C2CC2)CCO1. The fourth-order valence-electron chi connectivity index (χ4n) is 1.65. The standard InChI is InChI=1S/C9H16N2O2/c10-5-8-6-11(3-4-13-8)9(12)7-1-2-7/h7-8H,1-6,10H2/t8-/m0/s1. The van der Waals surface area contributed by atoms with E-state index in [4.69, 9.17) is 10.5 Å². The van der Waals surface area contributed by atoms with Crippen LogP contribution < -0.4 is 5.73 Å². The molecule has 0 bridgehead atoms. The summed E-state index contributed by atoms with van der Waals surface area (Å²) in [6.45, 7) is 2.58. The molecule has 0 radical (unpaired) electrons. The summed E-state index contributed by atoms with van der Waals surface area (Å²) in [7, 11) is 0. The summed E-state index contributed by atoms with van der Waals surface area (Å²) in [5, 5.41) is 0. The molecule has 1 aliphatic heterocycles. The molecule has 1 aliphatic carbocycles. The van der Waals surface area contributed by atoms with Crippen LogP contribution in [0, 0.1) is 5.92 Å². The molecule has 2 fully saturated rings. The number of ether oxygens (including phenoxy) is 1. The largest absolute Gasteiger partial charge is 0.373 e. The number of nitrogens with zero attached hydrogens (tertiary/aromatic N) is 1. The first-order valence-electron chi connectivity index (χ1n) is 4.91. The van der Waals surface area contributed by atoms with E-state index in [-0.39, 0.29) is 6.10 Å². The van der Waals surface area contributed by atoms with Gasteiger partial charge in [0.05, 0.1) is 12.7 Å². The minimum Gasteiger partial charge on any atom is -0.373 e. The highest BCUT2D eigenvalue weighted by Gasteiger charge is 2.35. The van der Waals surface area contributed by atoms with Gasteiger partial charge in [-0.3, -0.25) is 4.79 Å². The van der Waals surface area contributed by atoms with Crippen molar-refractivity contribution in [2.75, 3.05) is 26.2 Å². The second kappa shape index (κ2) is 3.64. The van der Waals surface area contributed by atoms with Gasteiger partial charge in [0, 0.05) is 25.6 Å². The van der Waals surface area contributed by atoms with E-state index in [0.717, 1.165) is 19.4 Å². The van der Waals surface area contributed by atoms with Crippen LogP contribution in [0.1, 0.15) is 12.8 Å². The Kier molecular flexibility index (Phi) is 2.51. The van der Waals surface area contributed by atoms with Crippen LogP contribution in [0.3, 0.4) is 0 Å². The van der Waals surface area contributed by atoms with Gasteiger partial charge >= 0.3 is 0 Å². The Morgan fingerprint density at radius 2 is 2.31 bits per heavy atom. The molecule has 2 aliphatic rings. The molecular formula is C9H16N2O2. The number of nitrogens with two attached hydrogens (primary N) is 1. The molecule has 74 valence electrons. The van der Waals surface area contributed by atoms with Crippen LogP contribution in [0.5, 0.6) is 0 Å². The number of amides is 1. The van der Waals surface area contributed by atoms with Gasteiger partial charge in [0.15, 0.2) is 0 Å². The maximum Gasteiger partial charge on any atom is 0.225 e. The van der Waals surface area contributed by atoms with Crippen molar-refractivity contribution in [3.8, 4) is 0 Å². The molecule has 0 aromatic heterocycles. The third kappa shape index (κ3) is 2.00. The van der Waals surface area contributed by atoms with E-state index in [2.05, 4.69) is 0 Å². The molecule has 2 rings (SSSR count). The predicted molar refractivity (Wildman–Crippen MR) is 48.1 cm³/mol. The van der Waals surface area contributed by atoms with Gasteiger partial charge in [0.25, 0.3) is 0 Å². The molecule has 0 aromatic rings. The van der Waals surface area contributed by atoms with E-state index in [1.807, 2.05) is 4.90 Å². The van der Waals surface area contributed by atoms with Crippen molar-refractivity contribution >= 4 is 5.91 Å². The lowest BCUT2D eigenvalue weighted by Gasteiger charge is -2.32. The summed E-state index contributed by atoms with van der Waals surface area (Å²) < 4.78 is 5.39. The van der Waals surface area contributed by atoms with Gasteiger partial charge in [-0.25, -0.2) is 0 Å². The smallest absolute Gasteiger partial charge is 0.225 e. The molecule has 1 amide bonds. The van der Waals surface area contributed by atoms with E-state index in [1.165, 1.54) is 0 Å². The number of carbonyl (C=O) groups is 1. The zero-order chi connectivity index (χ0) is 9.26. The Hall–Kier alpha value is -0.610. The van der Waals surface area contributed by atoms with E-state index >= 15 is 0 Å². The van der Waals surface area contributed by atoms with Crippen LogP contribution >= 0.6 is 0 Å². The van der Waals surface area contributed by atoms with E-state index in [9.17, 15) is 4.79 Å². The summed E-state index contributed by atoms with van der Waals surface area (Å²) in [5.41, 5.74) is 5.49. The van der Waals surface area contributed by atoms with Crippen molar-refractivity contribution in [3.63, 3.8) is 0 Å². The van der Waals surface area contributed by atoms with Crippen molar-refractivity contribution in [2.45, 2.75) is 18.9 Å². The Morgan fingerprint density at radius 3 is 2.92 bits per heavy atom. The molecular weight excluding hydrogens is 168 g/mol. The maximum atomic E-state index is 11.7. The van der Waals surface area contributed by atoms with E-state index < -0.39 is 0 Å². The number of rotatable bonds is 2. The second-order valence-corrected chi connectivity index (χ2v) is 3.79. The maximum absolute atomic E-state index is 11.7. The average Bonchev–Trinajstić information content (AvgIpc) is 3.00. The molecule has 1 saturated carbocycles. The Morgan fingerprint density at radius 1 is 1.54 bits per heavy atom. The van der Waals surface area contributed by atoms with E-state index in [0.29, 0.717) is 31.5 Å². The molecule has 0 spiro atoms. The third-order valence-electron chi connectivity index (χ3n) is 2.64. The zero-order valence-electron chi connectivity index (χ0n) is 7.74. The predicted octanol–water partition coefficient (Wildman–Crippen LogP) is -0.418. The Labute approximate surface area is 78.0 Å². The molecule has 4 nitrogen and oxygen atoms in total. The lowest BCUT2D eigenvalue weighted by atomic mass is 10.2. The van der Waals surface area contributed by atoms with E-state index in [1.54, 1.807) is 0 Å². The average molecular weight is 184 g/mol. The second-order valence-electron chi connectivity index (χ2n) is 3.79. The van der Waals surface area contributed by atoms with Gasteiger partial charge in [-0.15, -0.1) is 0 Å². The van der Waals surface area contributed by atoms with Gasteiger partial charge < -0.3 is 15.4 Å². The van der Waals surface area contributed by atoms with Crippen molar-refractivity contribution in [1.82, 2.24) is 4.90 Å². The number of carbonyl (C=O) groups excluding carboxylic acids is 1. The van der Waals surface area contributed by atoms with Crippen molar-refractivity contribution in [2.24, 2.45) is 11.7 Å². The van der Waals surface area contributed by atoms with Crippen LogP contribution in [0.4, 0.5) is 0 Å². The Balaban J connectivity index is 1.87. The molecule has 2 N–H and O–H groups in total. The minimum absolute atomic E-state index is 0.0523. The van der Waals surface area contributed by atoms with Gasteiger partial charge in [0.2, 0.25) is 5.91 Å². The lowest BCUT2D eigenvalue weighted by Crippen LogP contribution is -2.48. The molecule has 4 heteroatoms. The van der Waals surface area contributed by atoms with Crippen molar-refractivity contribution in [3.05, 3.63) is 0 Å². The minimum atomic E-state index is 0.0523. The highest BCUT2D eigenvalue weighted by atomic mass is 16.5. The first-order chi connectivity index (χ1) is 6.31. The van der Waals surface area contributed by atoms with Crippen LogP contribution in [0.15, 0.2) is 0 Å². The van der Waals surface area contributed by atoms with Gasteiger partial charge in [-0.1, -0.05) is 0 Å². The normalized spacial score (nSPS) is 29.0. The van der Waals surface area contributed by atoms with Crippen LogP contribution in [0.25, 0.3) is 0 Å². The first kappa shape index (κ1) is 8.97. The molecule has 1 saturated heterocycles. The third-order valence-corrected chi connectivity index (χ3v) is 2.64. The molecule has 13 heavy (non-hydrogen) atoms. The fraction of sp³-hybridized carbons (Fsp3) is 0.889.